The fraction of sp³-hybridized carbons (Fsp3) is 0.400. The SMILES string of the molecule is CCc1nc(CC)n(-c2cc(NN)nc(N)n2)n1. The van der Waals surface area contributed by atoms with Crippen molar-refractivity contribution in [3.63, 3.8) is 0 Å². The summed E-state index contributed by atoms with van der Waals surface area (Å²) in [5, 5.41) is 4.38. The molecule has 0 saturated carbocycles. The van der Waals surface area contributed by atoms with Gasteiger partial charge in [-0.2, -0.15) is 14.6 Å². The number of nitrogens with zero attached hydrogens (tertiary/aromatic N) is 5. The summed E-state index contributed by atoms with van der Waals surface area (Å²) in [5.74, 6) is 8.05. The first-order valence-corrected chi connectivity index (χ1v) is 5.74. The van der Waals surface area contributed by atoms with Crippen molar-refractivity contribution < 1.29 is 0 Å². The van der Waals surface area contributed by atoms with Crippen molar-refractivity contribution >= 4 is 11.8 Å². The third-order valence-corrected chi connectivity index (χ3v) is 2.45. The third kappa shape index (κ3) is 2.23. The summed E-state index contributed by atoms with van der Waals surface area (Å²) in [4.78, 5) is 12.5. The second-order valence-corrected chi connectivity index (χ2v) is 3.68. The molecule has 0 aliphatic rings. The van der Waals surface area contributed by atoms with E-state index in [-0.39, 0.29) is 5.95 Å². The summed E-state index contributed by atoms with van der Waals surface area (Å²) >= 11 is 0. The molecule has 0 bridgehead atoms. The number of aromatic nitrogens is 5. The number of nitrogens with one attached hydrogen (secondary N) is 1. The lowest BCUT2D eigenvalue weighted by Gasteiger charge is -2.06. The first-order valence-electron chi connectivity index (χ1n) is 5.74. The number of nitrogen functional groups attached to an aromatic ring is 2. The van der Waals surface area contributed by atoms with Gasteiger partial charge in [-0.15, -0.1) is 5.10 Å². The molecule has 18 heavy (non-hydrogen) atoms. The summed E-state index contributed by atoms with van der Waals surface area (Å²) in [7, 11) is 0. The van der Waals surface area contributed by atoms with E-state index in [1.165, 1.54) is 0 Å². The maximum absolute atomic E-state index is 5.62. The van der Waals surface area contributed by atoms with Crippen molar-refractivity contribution in [3.05, 3.63) is 17.7 Å². The van der Waals surface area contributed by atoms with Crippen molar-refractivity contribution in [2.45, 2.75) is 26.7 Å². The normalized spacial score (nSPS) is 10.6. The number of hydrogen-bond donors (Lipinski definition) is 3. The van der Waals surface area contributed by atoms with Gasteiger partial charge in [0.15, 0.2) is 11.6 Å². The summed E-state index contributed by atoms with van der Waals surface area (Å²) in [6.45, 7) is 4.01. The maximum Gasteiger partial charge on any atom is 0.224 e. The molecule has 0 amide bonds. The summed E-state index contributed by atoms with van der Waals surface area (Å²) < 4.78 is 1.66. The van der Waals surface area contributed by atoms with Crippen molar-refractivity contribution in [3.8, 4) is 5.82 Å². The Balaban J connectivity index is 2.53. The Hall–Kier alpha value is -2.22. The minimum atomic E-state index is 0.135. The van der Waals surface area contributed by atoms with E-state index in [9.17, 15) is 0 Å². The Morgan fingerprint density at radius 1 is 1.22 bits per heavy atom. The lowest BCUT2D eigenvalue weighted by Crippen LogP contribution is -2.13. The molecule has 0 saturated heterocycles. The van der Waals surface area contributed by atoms with Crippen LogP contribution in [0.15, 0.2) is 6.07 Å². The largest absolute Gasteiger partial charge is 0.368 e. The van der Waals surface area contributed by atoms with Crippen molar-refractivity contribution in [1.82, 2.24) is 24.7 Å². The fourth-order valence-electron chi connectivity index (χ4n) is 1.59. The Morgan fingerprint density at radius 3 is 2.61 bits per heavy atom. The van der Waals surface area contributed by atoms with Crippen LogP contribution in [0.2, 0.25) is 0 Å². The number of rotatable bonds is 4. The first-order chi connectivity index (χ1) is 8.67. The molecular formula is C10H16N8. The van der Waals surface area contributed by atoms with Gasteiger partial charge in [0.2, 0.25) is 5.95 Å². The van der Waals surface area contributed by atoms with E-state index in [0.29, 0.717) is 11.6 Å². The van der Waals surface area contributed by atoms with E-state index in [2.05, 4.69) is 25.5 Å². The van der Waals surface area contributed by atoms with Crippen molar-refractivity contribution in [2.75, 3.05) is 11.2 Å². The van der Waals surface area contributed by atoms with Crippen LogP contribution in [-0.4, -0.2) is 24.7 Å². The van der Waals surface area contributed by atoms with Crippen LogP contribution in [-0.2, 0) is 12.8 Å². The summed E-state index contributed by atoms with van der Waals surface area (Å²) in [6, 6.07) is 1.67. The molecule has 0 unspecified atom stereocenters. The smallest absolute Gasteiger partial charge is 0.224 e. The van der Waals surface area contributed by atoms with Crippen LogP contribution in [0, 0.1) is 0 Å². The van der Waals surface area contributed by atoms with E-state index in [4.69, 9.17) is 11.6 Å². The van der Waals surface area contributed by atoms with Crippen LogP contribution in [0.4, 0.5) is 11.8 Å². The van der Waals surface area contributed by atoms with Crippen molar-refractivity contribution in [1.29, 1.82) is 0 Å². The van der Waals surface area contributed by atoms with Crippen LogP contribution in [0.3, 0.4) is 0 Å². The van der Waals surface area contributed by atoms with Gasteiger partial charge in [0, 0.05) is 18.9 Å². The van der Waals surface area contributed by atoms with E-state index in [1.54, 1.807) is 10.7 Å². The molecule has 0 atom stereocenters. The fourth-order valence-corrected chi connectivity index (χ4v) is 1.59. The standard InChI is InChI=1S/C10H16N8/c1-3-6-13-8(4-2)18(17-6)9-5-7(16-12)14-10(11)15-9/h5H,3-4,12H2,1-2H3,(H3,11,14,15,16). The molecule has 0 fully saturated rings. The van der Waals surface area contributed by atoms with E-state index < -0.39 is 0 Å². The predicted octanol–water partition coefficient (Wildman–Crippen LogP) is 0.0499. The molecule has 2 heterocycles. The lowest BCUT2D eigenvalue weighted by atomic mass is 10.4. The molecule has 0 aliphatic carbocycles. The number of anilines is 2. The monoisotopic (exact) mass is 248 g/mol. The van der Waals surface area contributed by atoms with Gasteiger partial charge in [-0.25, -0.2) is 10.8 Å². The van der Waals surface area contributed by atoms with Crippen LogP contribution in [0.25, 0.3) is 5.82 Å². The average Bonchev–Trinajstić information content (AvgIpc) is 2.81. The number of nitrogens with two attached hydrogens (primary N) is 2. The average molecular weight is 248 g/mol. The van der Waals surface area contributed by atoms with Gasteiger partial charge in [0.05, 0.1) is 0 Å². The molecule has 96 valence electrons. The highest BCUT2D eigenvalue weighted by Gasteiger charge is 2.11. The number of hydrazine groups is 1. The van der Waals surface area contributed by atoms with Gasteiger partial charge in [-0.1, -0.05) is 13.8 Å². The Kier molecular flexibility index (Phi) is 3.38. The zero-order valence-electron chi connectivity index (χ0n) is 10.4. The number of aryl methyl sites for hydroxylation is 2. The maximum atomic E-state index is 5.62. The zero-order valence-corrected chi connectivity index (χ0v) is 10.4. The second-order valence-electron chi connectivity index (χ2n) is 3.68. The van der Waals surface area contributed by atoms with Crippen LogP contribution >= 0.6 is 0 Å². The van der Waals surface area contributed by atoms with Gasteiger partial charge in [0.1, 0.15) is 11.6 Å². The molecule has 2 aromatic rings. The molecule has 0 aliphatic heterocycles. The van der Waals surface area contributed by atoms with Gasteiger partial charge in [-0.3, -0.25) is 0 Å². The second kappa shape index (κ2) is 4.96. The van der Waals surface area contributed by atoms with Gasteiger partial charge >= 0.3 is 0 Å². The minimum absolute atomic E-state index is 0.135. The van der Waals surface area contributed by atoms with Crippen LogP contribution < -0.4 is 17.0 Å². The molecule has 5 N–H and O–H groups in total. The van der Waals surface area contributed by atoms with Gasteiger partial charge in [0.25, 0.3) is 0 Å². The molecule has 0 spiro atoms. The molecular weight excluding hydrogens is 232 g/mol. The Labute approximate surface area is 104 Å². The Bertz CT molecular complexity index is 547. The van der Waals surface area contributed by atoms with E-state index in [0.717, 1.165) is 24.5 Å². The predicted molar refractivity (Wildman–Crippen MR) is 67.9 cm³/mol. The minimum Gasteiger partial charge on any atom is -0.368 e. The van der Waals surface area contributed by atoms with Crippen molar-refractivity contribution in [2.24, 2.45) is 5.84 Å². The molecule has 8 nitrogen and oxygen atoms in total. The van der Waals surface area contributed by atoms with Gasteiger partial charge < -0.3 is 11.2 Å². The van der Waals surface area contributed by atoms with E-state index >= 15 is 0 Å². The first kappa shape index (κ1) is 12.2. The third-order valence-electron chi connectivity index (χ3n) is 2.45. The van der Waals surface area contributed by atoms with Crippen LogP contribution in [0.5, 0.6) is 0 Å². The highest BCUT2D eigenvalue weighted by molar-refractivity contribution is 5.44. The summed E-state index contributed by atoms with van der Waals surface area (Å²) in [5.41, 5.74) is 8.07. The zero-order chi connectivity index (χ0) is 13.1. The molecule has 2 aromatic heterocycles. The highest BCUT2D eigenvalue weighted by atomic mass is 15.4. The highest BCUT2D eigenvalue weighted by Crippen LogP contribution is 2.13. The van der Waals surface area contributed by atoms with Crippen LogP contribution in [0.1, 0.15) is 25.5 Å². The quantitative estimate of drug-likeness (QED) is 0.516. The molecule has 8 heteroatoms. The molecule has 0 aromatic carbocycles. The molecule has 0 radical (unpaired) electrons. The topological polar surface area (TPSA) is 121 Å². The van der Waals surface area contributed by atoms with Gasteiger partial charge in [-0.05, 0) is 0 Å². The summed E-state index contributed by atoms with van der Waals surface area (Å²) in [6.07, 6.45) is 1.52. The molecule has 2 rings (SSSR count). The lowest BCUT2D eigenvalue weighted by molar-refractivity contribution is 0.767. The number of hydrogen-bond acceptors (Lipinski definition) is 7. The Morgan fingerprint density at radius 2 is 2.00 bits per heavy atom. The van der Waals surface area contributed by atoms with E-state index in [1.807, 2.05) is 13.8 Å².